The van der Waals surface area contributed by atoms with Gasteiger partial charge in [-0.3, -0.25) is 9.59 Å². The molecule has 2 aromatic carbocycles. The van der Waals surface area contributed by atoms with Crippen molar-refractivity contribution in [3.63, 3.8) is 0 Å². The zero-order chi connectivity index (χ0) is 23.4. The summed E-state index contributed by atoms with van der Waals surface area (Å²) in [6.45, 7) is 2.33. The summed E-state index contributed by atoms with van der Waals surface area (Å²) in [5.74, 6) is -0.484. The minimum atomic E-state index is -4.00. The number of nitrogens with one attached hydrogen (secondary N) is 2. The van der Waals surface area contributed by atoms with E-state index < -0.39 is 22.0 Å². The highest BCUT2D eigenvalue weighted by Gasteiger charge is 2.29. The molecular formula is C23H24N4O4S2. The van der Waals surface area contributed by atoms with Gasteiger partial charge < -0.3 is 10.2 Å². The fourth-order valence-corrected chi connectivity index (χ4v) is 5.54. The van der Waals surface area contributed by atoms with Gasteiger partial charge in [0.05, 0.1) is 4.90 Å². The molecule has 0 saturated carbocycles. The normalized spacial score (nSPS) is 14.0. The third-order valence-electron chi connectivity index (χ3n) is 5.42. The number of nitrogens with zero attached hydrogens (tertiary/aromatic N) is 2. The maximum absolute atomic E-state index is 13.2. The number of carbonyl (C=O) groups excluding carboxylic acids is 2. The SMILES string of the molecule is CCC(=O)N1CCc2cc(S(=O)(=O)N[C@@H](Cc3ccccc3)C(=O)Nc3nccs3)ccc21. The number of hydrogen-bond acceptors (Lipinski definition) is 6. The number of anilines is 2. The van der Waals surface area contributed by atoms with Crippen LogP contribution in [0.3, 0.4) is 0 Å². The summed E-state index contributed by atoms with van der Waals surface area (Å²) in [5.41, 5.74) is 2.36. The number of thiazole rings is 1. The van der Waals surface area contributed by atoms with Crippen molar-refractivity contribution in [1.29, 1.82) is 0 Å². The smallest absolute Gasteiger partial charge is 0.244 e. The second kappa shape index (κ2) is 9.82. The molecule has 1 aliphatic heterocycles. The summed E-state index contributed by atoms with van der Waals surface area (Å²) in [5, 5.41) is 4.80. The van der Waals surface area contributed by atoms with Crippen LogP contribution in [-0.4, -0.2) is 37.8 Å². The van der Waals surface area contributed by atoms with Gasteiger partial charge in [0.25, 0.3) is 0 Å². The molecule has 1 aromatic heterocycles. The number of sulfonamides is 1. The maximum Gasteiger partial charge on any atom is 0.244 e. The Morgan fingerprint density at radius 3 is 2.67 bits per heavy atom. The molecule has 3 aromatic rings. The van der Waals surface area contributed by atoms with Crippen LogP contribution >= 0.6 is 11.3 Å². The lowest BCUT2D eigenvalue weighted by atomic mass is 10.1. The first kappa shape index (κ1) is 23.1. The van der Waals surface area contributed by atoms with E-state index in [0.29, 0.717) is 24.5 Å². The van der Waals surface area contributed by atoms with Crippen LogP contribution in [-0.2, 0) is 32.5 Å². The van der Waals surface area contributed by atoms with Gasteiger partial charge in [-0.05, 0) is 42.2 Å². The van der Waals surface area contributed by atoms with Crippen molar-refractivity contribution in [2.45, 2.75) is 37.1 Å². The Kier molecular flexibility index (Phi) is 6.87. The first-order valence-corrected chi connectivity index (χ1v) is 12.9. The van der Waals surface area contributed by atoms with Gasteiger partial charge in [-0.1, -0.05) is 37.3 Å². The van der Waals surface area contributed by atoms with Gasteiger partial charge >= 0.3 is 0 Å². The summed E-state index contributed by atoms with van der Waals surface area (Å²) < 4.78 is 29.0. The van der Waals surface area contributed by atoms with E-state index in [0.717, 1.165) is 16.8 Å². The molecule has 0 saturated heterocycles. The second-order valence-electron chi connectivity index (χ2n) is 7.63. The highest BCUT2D eigenvalue weighted by Crippen LogP contribution is 2.30. The Labute approximate surface area is 196 Å². The number of hydrogen-bond donors (Lipinski definition) is 2. The largest absolute Gasteiger partial charge is 0.312 e. The fraction of sp³-hybridized carbons (Fsp3) is 0.261. The van der Waals surface area contributed by atoms with Crippen LogP contribution < -0.4 is 14.9 Å². The first-order chi connectivity index (χ1) is 15.9. The fourth-order valence-electron chi connectivity index (χ4n) is 3.77. The molecule has 0 bridgehead atoms. The van der Waals surface area contributed by atoms with Crippen molar-refractivity contribution in [2.24, 2.45) is 0 Å². The number of carbonyl (C=O) groups is 2. The standard InChI is InChI=1S/C23H24N4O4S2/c1-2-21(28)27-12-10-17-15-18(8-9-20(17)27)33(30,31)26-19(14-16-6-4-3-5-7-16)22(29)25-23-24-11-13-32-23/h3-9,11,13,15,19,26H,2,10,12,14H2,1H3,(H,24,25,29)/t19-/m0/s1. The number of aromatic nitrogens is 1. The van der Waals surface area contributed by atoms with Crippen LogP contribution in [0.1, 0.15) is 24.5 Å². The Morgan fingerprint density at radius 2 is 1.97 bits per heavy atom. The van der Waals surface area contributed by atoms with Crippen molar-refractivity contribution in [1.82, 2.24) is 9.71 Å². The van der Waals surface area contributed by atoms with E-state index in [1.165, 1.54) is 17.4 Å². The molecule has 0 fully saturated rings. The van der Waals surface area contributed by atoms with Crippen molar-refractivity contribution < 1.29 is 18.0 Å². The number of rotatable bonds is 8. The maximum atomic E-state index is 13.2. The van der Waals surface area contributed by atoms with Gasteiger partial charge in [0.1, 0.15) is 6.04 Å². The van der Waals surface area contributed by atoms with Crippen molar-refractivity contribution in [3.8, 4) is 0 Å². The molecule has 1 aliphatic rings. The van der Waals surface area contributed by atoms with E-state index >= 15 is 0 Å². The minimum absolute atomic E-state index is 0.00395. The molecular weight excluding hydrogens is 460 g/mol. The summed E-state index contributed by atoms with van der Waals surface area (Å²) >= 11 is 1.25. The summed E-state index contributed by atoms with van der Waals surface area (Å²) in [7, 11) is -4.00. The predicted octanol–water partition coefficient (Wildman–Crippen LogP) is 2.97. The minimum Gasteiger partial charge on any atom is -0.312 e. The van der Waals surface area contributed by atoms with Crippen LogP contribution in [0.25, 0.3) is 0 Å². The summed E-state index contributed by atoms with van der Waals surface area (Å²) in [6, 6.07) is 12.9. The number of amides is 2. The average Bonchev–Trinajstić information content (AvgIpc) is 3.48. The zero-order valence-corrected chi connectivity index (χ0v) is 19.7. The van der Waals surface area contributed by atoms with E-state index in [1.807, 2.05) is 30.3 Å². The Morgan fingerprint density at radius 1 is 1.18 bits per heavy atom. The van der Waals surface area contributed by atoms with Crippen molar-refractivity contribution in [3.05, 3.63) is 71.2 Å². The number of benzene rings is 2. The first-order valence-electron chi connectivity index (χ1n) is 10.6. The lowest BCUT2D eigenvalue weighted by molar-refractivity contribution is -0.118. The molecule has 4 rings (SSSR count). The summed E-state index contributed by atoms with van der Waals surface area (Å²) in [4.78, 5) is 30.9. The van der Waals surface area contributed by atoms with Crippen molar-refractivity contribution in [2.75, 3.05) is 16.8 Å². The van der Waals surface area contributed by atoms with Gasteiger partial charge in [-0.2, -0.15) is 4.72 Å². The van der Waals surface area contributed by atoms with Crippen LogP contribution in [0.5, 0.6) is 0 Å². The molecule has 0 aliphatic carbocycles. The molecule has 33 heavy (non-hydrogen) atoms. The molecule has 2 N–H and O–H groups in total. The van der Waals surface area contributed by atoms with E-state index in [2.05, 4.69) is 15.0 Å². The van der Waals surface area contributed by atoms with Gasteiger partial charge in [0, 0.05) is 30.2 Å². The highest BCUT2D eigenvalue weighted by atomic mass is 32.2. The lowest BCUT2D eigenvalue weighted by Crippen LogP contribution is -2.45. The lowest BCUT2D eigenvalue weighted by Gasteiger charge is -2.19. The molecule has 172 valence electrons. The van der Waals surface area contributed by atoms with Gasteiger partial charge in [-0.15, -0.1) is 11.3 Å². The number of fused-ring (bicyclic) bond motifs is 1. The van der Waals surface area contributed by atoms with Gasteiger partial charge in [-0.25, -0.2) is 13.4 Å². The van der Waals surface area contributed by atoms with Gasteiger partial charge in [0.2, 0.25) is 21.8 Å². The molecule has 10 heteroatoms. The highest BCUT2D eigenvalue weighted by molar-refractivity contribution is 7.89. The van der Waals surface area contributed by atoms with Crippen LogP contribution in [0.2, 0.25) is 0 Å². The Balaban J connectivity index is 1.58. The molecule has 0 radical (unpaired) electrons. The average molecular weight is 485 g/mol. The topological polar surface area (TPSA) is 108 Å². The monoisotopic (exact) mass is 484 g/mol. The molecule has 8 nitrogen and oxygen atoms in total. The van der Waals surface area contributed by atoms with E-state index in [4.69, 9.17) is 0 Å². The molecule has 0 unspecified atom stereocenters. The van der Waals surface area contributed by atoms with Crippen LogP contribution in [0.15, 0.2) is 65.0 Å². The third kappa shape index (κ3) is 5.29. The quantitative estimate of drug-likeness (QED) is 0.511. The molecule has 2 heterocycles. The van der Waals surface area contributed by atoms with E-state index in [1.54, 1.807) is 35.5 Å². The van der Waals surface area contributed by atoms with Crippen LogP contribution in [0.4, 0.5) is 10.8 Å². The van der Waals surface area contributed by atoms with E-state index in [-0.39, 0.29) is 17.2 Å². The zero-order valence-electron chi connectivity index (χ0n) is 18.0. The Hall–Kier alpha value is -3.08. The van der Waals surface area contributed by atoms with Crippen LogP contribution in [0, 0.1) is 0 Å². The molecule has 2 amide bonds. The summed E-state index contributed by atoms with van der Waals surface area (Å²) in [6.07, 6.45) is 2.72. The molecule has 0 spiro atoms. The Bertz CT molecular complexity index is 1240. The molecule has 1 atom stereocenters. The van der Waals surface area contributed by atoms with Crippen molar-refractivity contribution >= 4 is 44.0 Å². The second-order valence-corrected chi connectivity index (χ2v) is 10.2. The third-order valence-corrected chi connectivity index (χ3v) is 7.58. The predicted molar refractivity (Wildman–Crippen MR) is 128 cm³/mol. The van der Waals surface area contributed by atoms with Gasteiger partial charge in [0.15, 0.2) is 5.13 Å². The van der Waals surface area contributed by atoms with E-state index in [9.17, 15) is 18.0 Å².